The van der Waals surface area contributed by atoms with Crippen molar-refractivity contribution in [2.75, 3.05) is 12.4 Å². The topological polar surface area (TPSA) is 24.5 Å². The van der Waals surface area contributed by atoms with E-state index in [1.807, 2.05) is 37.9 Å². The highest BCUT2D eigenvalue weighted by atomic mass is 32.1. The van der Waals surface area contributed by atoms with Crippen LogP contribution in [0.4, 0.5) is 14.5 Å². The lowest BCUT2D eigenvalue weighted by Crippen LogP contribution is -2.30. The summed E-state index contributed by atoms with van der Waals surface area (Å²) in [6.45, 7) is 1.80. The van der Waals surface area contributed by atoms with Crippen molar-refractivity contribution >= 4 is 23.0 Å². The monoisotopic (exact) mass is 350 g/mol. The Bertz CT molecular complexity index is 705. The smallest absolute Gasteiger partial charge is 0.387 e. The first kappa shape index (κ1) is 18.1. The van der Waals surface area contributed by atoms with Crippen molar-refractivity contribution in [1.82, 2.24) is 4.90 Å². The Morgan fingerprint density at radius 1 is 1.17 bits per heavy atom. The average molecular weight is 350 g/mol. The van der Waals surface area contributed by atoms with E-state index in [9.17, 15) is 8.78 Å². The number of hydrogen-bond donors (Lipinski definition) is 1. The van der Waals surface area contributed by atoms with Crippen LogP contribution in [0.15, 0.2) is 42.5 Å². The van der Waals surface area contributed by atoms with Gasteiger partial charge in [-0.15, -0.1) is 0 Å². The summed E-state index contributed by atoms with van der Waals surface area (Å²) in [5.41, 5.74) is 4.20. The standard InChI is InChI=1S/C18H20F2N2OS/c1-12-4-5-13(2)16(10-12)21-18(24)22(3)11-14-6-8-15(9-7-14)23-17(19)20/h4-10,17H,11H2,1-3H3,(H,21,24). The second-order valence-electron chi connectivity index (χ2n) is 5.63. The summed E-state index contributed by atoms with van der Waals surface area (Å²) in [6, 6.07) is 12.7. The fourth-order valence-electron chi connectivity index (χ4n) is 2.20. The minimum atomic E-state index is -2.81. The summed E-state index contributed by atoms with van der Waals surface area (Å²) >= 11 is 5.43. The van der Waals surface area contributed by atoms with E-state index >= 15 is 0 Å². The Labute approximate surface area is 146 Å². The Morgan fingerprint density at radius 2 is 1.83 bits per heavy atom. The zero-order valence-electron chi connectivity index (χ0n) is 13.8. The number of anilines is 1. The third-order valence-corrected chi connectivity index (χ3v) is 3.96. The van der Waals surface area contributed by atoms with Crippen LogP contribution in [0, 0.1) is 13.8 Å². The maximum Gasteiger partial charge on any atom is 0.387 e. The first-order valence-corrected chi connectivity index (χ1v) is 7.89. The minimum absolute atomic E-state index is 0.146. The minimum Gasteiger partial charge on any atom is -0.435 e. The molecule has 0 spiro atoms. The van der Waals surface area contributed by atoms with Gasteiger partial charge in [-0.2, -0.15) is 8.78 Å². The van der Waals surface area contributed by atoms with Gasteiger partial charge >= 0.3 is 6.61 Å². The van der Waals surface area contributed by atoms with Gasteiger partial charge < -0.3 is 15.0 Å². The quantitative estimate of drug-likeness (QED) is 0.788. The molecule has 0 aliphatic heterocycles. The van der Waals surface area contributed by atoms with Crippen molar-refractivity contribution in [1.29, 1.82) is 0 Å². The average Bonchev–Trinajstić information content (AvgIpc) is 2.52. The fourth-order valence-corrected chi connectivity index (χ4v) is 2.38. The van der Waals surface area contributed by atoms with Crippen LogP contribution in [0.1, 0.15) is 16.7 Å². The second kappa shape index (κ2) is 8.06. The van der Waals surface area contributed by atoms with E-state index in [1.54, 1.807) is 12.1 Å². The van der Waals surface area contributed by atoms with Crippen LogP contribution in [0.3, 0.4) is 0 Å². The van der Waals surface area contributed by atoms with Crippen molar-refractivity contribution in [2.24, 2.45) is 0 Å². The number of aryl methyl sites for hydroxylation is 2. The third kappa shape index (κ3) is 5.16. The molecule has 128 valence electrons. The largest absolute Gasteiger partial charge is 0.435 e. The molecule has 0 heterocycles. The molecule has 0 aliphatic rings. The number of halogens is 2. The van der Waals surface area contributed by atoms with Gasteiger partial charge in [0.15, 0.2) is 5.11 Å². The highest BCUT2D eigenvalue weighted by Crippen LogP contribution is 2.18. The summed E-state index contributed by atoms with van der Waals surface area (Å²) in [5, 5.41) is 3.84. The van der Waals surface area contributed by atoms with E-state index in [1.165, 1.54) is 12.1 Å². The molecule has 0 amide bonds. The molecule has 3 nitrogen and oxygen atoms in total. The van der Waals surface area contributed by atoms with Crippen LogP contribution in [-0.2, 0) is 6.54 Å². The molecule has 2 aromatic carbocycles. The molecule has 2 aromatic rings. The molecule has 6 heteroatoms. The van der Waals surface area contributed by atoms with Crippen LogP contribution >= 0.6 is 12.2 Å². The first-order chi connectivity index (χ1) is 11.3. The SMILES string of the molecule is Cc1ccc(C)c(NC(=S)N(C)Cc2ccc(OC(F)F)cc2)c1. The Morgan fingerprint density at radius 3 is 2.46 bits per heavy atom. The number of hydrogen-bond acceptors (Lipinski definition) is 2. The molecule has 0 bridgehead atoms. The van der Waals surface area contributed by atoms with Gasteiger partial charge in [0.2, 0.25) is 0 Å². The zero-order chi connectivity index (χ0) is 17.7. The van der Waals surface area contributed by atoms with Crippen LogP contribution in [0.25, 0.3) is 0 Å². The van der Waals surface area contributed by atoms with Gasteiger partial charge in [-0.25, -0.2) is 0 Å². The van der Waals surface area contributed by atoms with Gasteiger partial charge in [0.1, 0.15) is 5.75 Å². The lowest BCUT2D eigenvalue weighted by atomic mass is 10.1. The van der Waals surface area contributed by atoms with Gasteiger partial charge in [-0.3, -0.25) is 0 Å². The van der Waals surface area contributed by atoms with Crippen molar-refractivity contribution in [2.45, 2.75) is 27.0 Å². The lowest BCUT2D eigenvalue weighted by Gasteiger charge is -2.22. The Hall–Kier alpha value is -2.21. The summed E-state index contributed by atoms with van der Waals surface area (Å²) in [5.74, 6) is 0.146. The number of thiocarbonyl (C=S) groups is 1. The van der Waals surface area contributed by atoms with Crippen LogP contribution < -0.4 is 10.1 Å². The van der Waals surface area contributed by atoms with Gasteiger partial charge in [0.25, 0.3) is 0 Å². The van der Waals surface area contributed by atoms with Crippen LogP contribution in [-0.4, -0.2) is 23.7 Å². The molecule has 2 rings (SSSR count). The summed E-state index contributed by atoms with van der Waals surface area (Å²) in [7, 11) is 1.88. The zero-order valence-corrected chi connectivity index (χ0v) is 14.7. The molecule has 0 unspecified atom stereocenters. The van der Waals surface area contributed by atoms with Crippen LogP contribution in [0.2, 0.25) is 0 Å². The van der Waals surface area contributed by atoms with Crippen LogP contribution in [0.5, 0.6) is 5.75 Å². The van der Waals surface area contributed by atoms with Crippen molar-refractivity contribution in [3.63, 3.8) is 0 Å². The first-order valence-electron chi connectivity index (χ1n) is 7.48. The van der Waals surface area contributed by atoms with E-state index in [-0.39, 0.29) is 5.75 Å². The molecule has 24 heavy (non-hydrogen) atoms. The number of ether oxygens (including phenoxy) is 1. The molecule has 0 aromatic heterocycles. The van der Waals surface area contributed by atoms with E-state index in [0.29, 0.717) is 11.7 Å². The van der Waals surface area contributed by atoms with E-state index in [0.717, 1.165) is 22.4 Å². The molecule has 0 saturated heterocycles. The maximum absolute atomic E-state index is 12.1. The van der Waals surface area contributed by atoms with Gasteiger partial charge in [-0.05, 0) is 61.0 Å². The fraction of sp³-hybridized carbons (Fsp3) is 0.278. The van der Waals surface area contributed by atoms with Gasteiger partial charge in [0.05, 0.1) is 0 Å². The summed E-state index contributed by atoms with van der Waals surface area (Å²) < 4.78 is 28.6. The lowest BCUT2D eigenvalue weighted by molar-refractivity contribution is -0.0498. The van der Waals surface area contributed by atoms with E-state index in [2.05, 4.69) is 16.1 Å². The molecule has 1 N–H and O–H groups in total. The van der Waals surface area contributed by atoms with E-state index in [4.69, 9.17) is 12.2 Å². The molecule has 0 fully saturated rings. The summed E-state index contributed by atoms with van der Waals surface area (Å²) in [4.78, 5) is 1.89. The van der Waals surface area contributed by atoms with Crippen molar-refractivity contribution in [3.8, 4) is 5.75 Å². The molecule has 0 saturated carbocycles. The highest BCUT2D eigenvalue weighted by molar-refractivity contribution is 7.80. The molecule has 0 atom stereocenters. The predicted octanol–water partition coefficient (Wildman–Crippen LogP) is 4.73. The van der Waals surface area contributed by atoms with Crippen molar-refractivity contribution < 1.29 is 13.5 Å². The number of benzene rings is 2. The molecule has 0 radical (unpaired) electrons. The number of alkyl halides is 2. The Balaban J connectivity index is 1.97. The maximum atomic E-state index is 12.1. The molecular weight excluding hydrogens is 330 g/mol. The number of nitrogens with one attached hydrogen (secondary N) is 1. The Kier molecular flexibility index (Phi) is 6.09. The number of rotatable bonds is 5. The molecule has 0 aliphatic carbocycles. The van der Waals surface area contributed by atoms with Gasteiger partial charge in [-0.1, -0.05) is 24.3 Å². The van der Waals surface area contributed by atoms with Crippen molar-refractivity contribution in [3.05, 3.63) is 59.2 Å². The highest BCUT2D eigenvalue weighted by Gasteiger charge is 2.09. The third-order valence-electron chi connectivity index (χ3n) is 3.55. The second-order valence-corrected chi connectivity index (χ2v) is 6.01. The number of nitrogens with zero attached hydrogens (tertiary/aromatic N) is 1. The normalized spacial score (nSPS) is 10.6. The van der Waals surface area contributed by atoms with Gasteiger partial charge in [0, 0.05) is 19.3 Å². The predicted molar refractivity (Wildman–Crippen MR) is 96.7 cm³/mol. The summed E-state index contributed by atoms with van der Waals surface area (Å²) in [6.07, 6.45) is 0. The van der Waals surface area contributed by atoms with E-state index < -0.39 is 6.61 Å². The molecular formula is C18H20F2N2OS.